The molecule has 3 rings (SSSR count). The lowest BCUT2D eigenvalue weighted by Crippen LogP contribution is -2.26. The lowest BCUT2D eigenvalue weighted by Gasteiger charge is -2.28. The molecule has 0 aromatic heterocycles. The third-order valence-electron chi connectivity index (χ3n) is 6.04. The molecule has 1 aromatic carbocycles. The first-order valence-electron chi connectivity index (χ1n) is 9.06. The van der Waals surface area contributed by atoms with Gasteiger partial charge in [-0.15, -0.1) is 0 Å². The summed E-state index contributed by atoms with van der Waals surface area (Å²) in [6.07, 6.45) is 11.3. The second-order valence-corrected chi connectivity index (χ2v) is 7.34. The van der Waals surface area contributed by atoms with Gasteiger partial charge in [0.1, 0.15) is 0 Å². The predicted octanol–water partition coefficient (Wildman–Crippen LogP) is 5.43. The van der Waals surface area contributed by atoms with Crippen molar-refractivity contribution >= 4 is 0 Å². The summed E-state index contributed by atoms with van der Waals surface area (Å²) in [4.78, 5) is 0. The maximum atomic E-state index is 3.59. The molecule has 1 heteroatoms. The highest BCUT2D eigenvalue weighted by Crippen LogP contribution is 2.40. The van der Waals surface area contributed by atoms with Crippen LogP contribution in [0.2, 0.25) is 0 Å². The Morgan fingerprint density at radius 3 is 2.19 bits per heavy atom. The Kier molecular flexibility index (Phi) is 5.00. The summed E-state index contributed by atoms with van der Waals surface area (Å²) in [6.45, 7) is 2.43. The summed E-state index contributed by atoms with van der Waals surface area (Å²) in [7, 11) is 2.13. The van der Waals surface area contributed by atoms with Gasteiger partial charge in [-0.25, -0.2) is 0 Å². The van der Waals surface area contributed by atoms with E-state index in [1.54, 1.807) is 5.56 Å². The molecule has 1 aromatic rings. The molecule has 21 heavy (non-hydrogen) atoms. The van der Waals surface area contributed by atoms with Gasteiger partial charge in [0.15, 0.2) is 0 Å². The number of rotatable bonds is 4. The zero-order chi connectivity index (χ0) is 14.7. The standard InChI is InChI=1S/C20H31N/c1-15-7-6-10-19(15)20(21-2)18-13-11-17(12-14-18)16-8-4-3-5-9-16/h11-16,19-21H,3-10H2,1-2H3. The number of hydrogen-bond acceptors (Lipinski definition) is 1. The van der Waals surface area contributed by atoms with E-state index >= 15 is 0 Å². The van der Waals surface area contributed by atoms with Crippen LogP contribution in [0.25, 0.3) is 0 Å². The Balaban J connectivity index is 1.72. The average molecular weight is 285 g/mol. The fraction of sp³-hybridized carbons (Fsp3) is 0.700. The van der Waals surface area contributed by atoms with Gasteiger partial charge in [-0.05, 0) is 55.2 Å². The van der Waals surface area contributed by atoms with Crippen molar-refractivity contribution in [1.82, 2.24) is 5.32 Å². The van der Waals surface area contributed by atoms with Crippen LogP contribution in [0.15, 0.2) is 24.3 Å². The van der Waals surface area contributed by atoms with E-state index in [9.17, 15) is 0 Å². The minimum atomic E-state index is 0.544. The van der Waals surface area contributed by atoms with Crippen molar-refractivity contribution in [1.29, 1.82) is 0 Å². The molecule has 0 saturated heterocycles. The molecular formula is C20H31N. The van der Waals surface area contributed by atoms with E-state index in [0.29, 0.717) is 6.04 Å². The maximum Gasteiger partial charge on any atom is 0.0348 e. The van der Waals surface area contributed by atoms with Crippen molar-refractivity contribution in [3.05, 3.63) is 35.4 Å². The Hall–Kier alpha value is -0.820. The van der Waals surface area contributed by atoms with Gasteiger partial charge in [0.2, 0.25) is 0 Å². The predicted molar refractivity (Wildman–Crippen MR) is 90.6 cm³/mol. The molecule has 0 aliphatic heterocycles. The fourth-order valence-electron chi connectivity index (χ4n) is 4.71. The van der Waals surface area contributed by atoms with Gasteiger partial charge in [0.05, 0.1) is 0 Å². The highest BCUT2D eigenvalue weighted by Gasteiger charge is 2.31. The largest absolute Gasteiger partial charge is 0.313 e. The van der Waals surface area contributed by atoms with Gasteiger partial charge < -0.3 is 5.32 Å². The van der Waals surface area contributed by atoms with Gasteiger partial charge in [0.25, 0.3) is 0 Å². The Morgan fingerprint density at radius 2 is 1.62 bits per heavy atom. The van der Waals surface area contributed by atoms with Crippen LogP contribution in [-0.2, 0) is 0 Å². The summed E-state index contributed by atoms with van der Waals surface area (Å²) >= 11 is 0. The van der Waals surface area contributed by atoms with Crippen LogP contribution in [0.1, 0.15) is 81.4 Å². The van der Waals surface area contributed by atoms with Crippen molar-refractivity contribution in [3.8, 4) is 0 Å². The monoisotopic (exact) mass is 285 g/mol. The molecule has 2 fully saturated rings. The molecule has 0 heterocycles. The molecule has 3 atom stereocenters. The van der Waals surface area contributed by atoms with Crippen LogP contribution >= 0.6 is 0 Å². The van der Waals surface area contributed by atoms with Crippen LogP contribution in [0.5, 0.6) is 0 Å². The normalized spacial score (nSPS) is 28.7. The molecular weight excluding hydrogens is 254 g/mol. The van der Waals surface area contributed by atoms with Crippen molar-refractivity contribution in [2.45, 2.75) is 70.3 Å². The molecule has 0 bridgehead atoms. The van der Waals surface area contributed by atoms with Crippen molar-refractivity contribution < 1.29 is 0 Å². The van der Waals surface area contributed by atoms with Crippen LogP contribution in [-0.4, -0.2) is 7.05 Å². The Labute approximate surface area is 130 Å². The molecule has 2 aliphatic rings. The summed E-state index contributed by atoms with van der Waals surface area (Å²) in [6, 6.07) is 10.2. The molecule has 2 saturated carbocycles. The molecule has 1 N–H and O–H groups in total. The summed E-state index contributed by atoms with van der Waals surface area (Å²) in [5.74, 6) is 2.50. The second-order valence-electron chi connectivity index (χ2n) is 7.34. The summed E-state index contributed by atoms with van der Waals surface area (Å²) in [5, 5.41) is 3.59. The Morgan fingerprint density at radius 1 is 0.905 bits per heavy atom. The molecule has 0 amide bonds. The average Bonchev–Trinajstić information content (AvgIpc) is 2.96. The van der Waals surface area contributed by atoms with E-state index in [-0.39, 0.29) is 0 Å². The minimum Gasteiger partial charge on any atom is -0.313 e. The van der Waals surface area contributed by atoms with Gasteiger partial charge in [0, 0.05) is 6.04 Å². The van der Waals surface area contributed by atoms with Crippen LogP contribution < -0.4 is 5.32 Å². The highest BCUT2D eigenvalue weighted by molar-refractivity contribution is 5.28. The van der Waals surface area contributed by atoms with E-state index in [4.69, 9.17) is 0 Å². The van der Waals surface area contributed by atoms with E-state index < -0.39 is 0 Å². The highest BCUT2D eigenvalue weighted by atomic mass is 14.9. The molecule has 0 radical (unpaired) electrons. The topological polar surface area (TPSA) is 12.0 Å². The number of nitrogens with one attached hydrogen (secondary N) is 1. The van der Waals surface area contributed by atoms with E-state index in [1.807, 2.05) is 0 Å². The smallest absolute Gasteiger partial charge is 0.0348 e. The quantitative estimate of drug-likeness (QED) is 0.777. The van der Waals surface area contributed by atoms with Gasteiger partial charge in [-0.1, -0.05) is 63.3 Å². The molecule has 116 valence electrons. The van der Waals surface area contributed by atoms with Crippen LogP contribution in [0.3, 0.4) is 0 Å². The zero-order valence-electron chi connectivity index (χ0n) is 13.8. The van der Waals surface area contributed by atoms with E-state index in [1.165, 1.54) is 56.9 Å². The second kappa shape index (κ2) is 6.96. The Bertz CT molecular complexity index is 430. The molecule has 0 spiro atoms. The van der Waals surface area contributed by atoms with Crippen molar-refractivity contribution in [2.24, 2.45) is 11.8 Å². The van der Waals surface area contributed by atoms with E-state index in [2.05, 4.69) is 43.6 Å². The third kappa shape index (κ3) is 3.34. The lowest BCUT2D eigenvalue weighted by molar-refractivity contribution is 0.315. The first kappa shape index (κ1) is 15.1. The fourth-order valence-corrected chi connectivity index (χ4v) is 4.71. The molecule has 1 nitrogen and oxygen atoms in total. The summed E-state index contributed by atoms with van der Waals surface area (Å²) in [5.41, 5.74) is 3.07. The number of hydrogen-bond donors (Lipinski definition) is 1. The summed E-state index contributed by atoms with van der Waals surface area (Å²) < 4.78 is 0. The van der Waals surface area contributed by atoms with Crippen LogP contribution in [0.4, 0.5) is 0 Å². The SMILES string of the molecule is CNC(c1ccc(C2CCCCC2)cc1)C1CCCC1C. The van der Waals surface area contributed by atoms with Gasteiger partial charge in [-0.3, -0.25) is 0 Å². The maximum absolute atomic E-state index is 3.59. The van der Waals surface area contributed by atoms with E-state index in [0.717, 1.165) is 17.8 Å². The molecule has 3 unspecified atom stereocenters. The van der Waals surface area contributed by atoms with Crippen LogP contribution in [0, 0.1) is 11.8 Å². The van der Waals surface area contributed by atoms with Gasteiger partial charge >= 0.3 is 0 Å². The first-order chi connectivity index (χ1) is 10.3. The van der Waals surface area contributed by atoms with Gasteiger partial charge in [-0.2, -0.15) is 0 Å². The number of benzene rings is 1. The molecule has 2 aliphatic carbocycles. The third-order valence-corrected chi connectivity index (χ3v) is 6.04. The van der Waals surface area contributed by atoms with Crippen molar-refractivity contribution in [2.75, 3.05) is 7.05 Å². The first-order valence-corrected chi connectivity index (χ1v) is 9.06. The van der Waals surface area contributed by atoms with Crippen molar-refractivity contribution in [3.63, 3.8) is 0 Å². The zero-order valence-corrected chi connectivity index (χ0v) is 13.8. The lowest BCUT2D eigenvalue weighted by atomic mass is 9.82. The minimum absolute atomic E-state index is 0.544.